The number of carbonyl (C=O) groups excluding carboxylic acids is 2. The molecular weight excluding hydrogens is 388 g/mol. The molecule has 0 bridgehead atoms. The first-order chi connectivity index (χ1) is 14.1. The van der Waals surface area contributed by atoms with E-state index in [-0.39, 0.29) is 0 Å². The van der Waals surface area contributed by atoms with Gasteiger partial charge in [-0.25, -0.2) is 9.59 Å². The van der Waals surface area contributed by atoms with Gasteiger partial charge < -0.3 is 9.47 Å². The summed E-state index contributed by atoms with van der Waals surface area (Å²) in [4.78, 5) is 24.9. The lowest BCUT2D eigenvalue weighted by Gasteiger charge is -1.98. The Hall–Kier alpha value is -3.63. The van der Waals surface area contributed by atoms with Crippen LogP contribution in [0.2, 0.25) is 5.02 Å². The number of halogens is 1. The maximum absolute atomic E-state index is 12.4. The molecule has 2 aliphatic rings. The Labute approximate surface area is 171 Å². The van der Waals surface area contributed by atoms with Crippen LogP contribution in [-0.4, -0.2) is 11.9 Å². The van der Waals surface area contributed by atoms with Crippen molar-refractivity contribution in [3.05, 3.63) is 99.4 Å². The van der Waals surface area contributed by atoms with Crippen molar-refractivity contribution in [2.45, 2.75) is 0 Å². The minimum Gasteiger partial charge on any atom is -0.422 e. The van der Waals surface area contributed by atoms with E-state index in [1.54, 1.807) is 36.4 Å². The summed E-state index contributed by atoms with van der Waals surface area (Å²) in [6.07, 6.45) is 3.48. The lowest BCUT2D eigenvalue weighted by Crippen LogP contribution is -2.10. The second-order valence-electron chi connectivity index (χ2n) is 6.67. The molecule has 2 heterocycles. The number of hydrogen-bond acceptors (Lipinski definition) is 4. The molecule has 0 amide bonds. The number of rotatable bonds is 3. The summed E-state index contributed by atoms with van der Waals surface area (Å²) >= 11 is 6.01. The molecule has 0 atom stereocenters. The van der Waals surface area contributed by atoms with Gasteiger partial charge in [-0.1, -0.05) is 60.1 Å². The fraction of sp³-hybridized carbons (Fsp3) is 0. The van der Waals surface area contributed by atoms with Crippen LogP contribution in [0.1, 0.15) is 11.1 Å². The van der Waals surface area contributed by atoms with Crippen molar-refractivity contribution in [1.29, 1.82) is 0 Å². The minimum atomic E-state index is -0.450. The average molecular weight is 401 g/mol. The molecule has 5 heteroatoms. The monoisotopic (exact) mass is 400 g/mol. The summed E-state index contributed by atoms with van der Waals surface area (Å²) in [5.74, 6) is -0.0439. The third-order valence-corrected chi connectivity index (χ3v) is 5.06. The fourth-order valence-corrected chi connectivity index (χ4v) is 3.68. The van der Waals surface area contributed by atoms with Crippen molar-refractivity contribution in [2.24, 2.45) is 0 Å². The molecule has 0 radical (unpaired) electrons. The highest BCUT2D eigenvalue weighted by Crippen LogP contribution is 2.25. The van der Waals surface area contributed by atoms with E-state index >= 15 is 0 Å². The lowest BCUT2D eigenvalue weighted by atomic mass is 10.0. The molecule has 0 fully saturated rings. The van der Waals surface area contributed by atoms with E-state index < -0.39 is 11.9 Å². The Bertz CT molecular complexity index is 1340. The maximum Gasteiger partial charge on any atom is 0.344 e. The van der Waals surface area contributed by atoms with E-state index in [1.165, 1.54) is 0 Å². The molecule has 0 N–H and O–H groups in total. The van der Waals surface area contributed by atoms with Crippen LogP contribution in [0.5, 0.6) is 11.5 Å². The molecule has 0 aliphatic carbocycles. The fourth-order valence-electron chi connectivity index (χ4n) is 3.49. The normalized spacial score (nSPS) is 14.8. The largest absolute Gasteiger partial charge is 0.422 e. The van der Waals surface area contributed by atoms with Crippen molar-refractivity contribution in [1.82, 2.24) is 0 Å². The minimum absolute atomic E-state index is 0.395. The zero-order valence-corrected chi connectivity index (χ0v) is 15.8. The Morgan fingerprint density at radius 3 is 2.24 bits per heavy atom. The second-order valence-corrected chi connectivity index (χ2v) is 7.10. The van der Waals surface area contributed by atoms with Crippen LogP contribution in [-0.2, 0) is 9.59 Å². The summed E-state index contributed by atoms with van der Waals surface area (Å²) in [5, 5.41) is 1.82. The predicted octanol–water partition coefficient (Wildman–Crippen LogP) is 3.24. The zero-order valence-electron chi connectivity index (χ0n) is 15.0. The standard InChI is InChI=1S/C24H13ClO4/c25-16-8-4-5-14(11-16)9-10-17-18-12-21-19(13-20(18)28-23(17)26)22(24(27)29-21)15-6-2-1-3-7-15/h1-13H. The number of esters is 2. The molecule has 29 heavy (non-hydrogen) atoms. The number of hydrogen-bond donors (Lipinski definition) is 0. The average Bonchev–Trinajstić information content (AvgIpc) is 3.19. The number of ether oxygens (including phenoxy) is 2. The highest BCUT2D eigenvalue weighted by atomic mass is 35.5. The van der Waals surface area contributed by atoms with Gasteiger partial charge >= 0.3 is 11.9 Å². The third-order valence-electron chi connectivity index (χ3n) is 4.82. The molecule has 4 nitrogen and oxygen atoms in total. The zero-order chi connectivity index (χ0) is 20.0. The van der Waals surface area contributed by atoms with Gasteiger partial charge in [0.05, 0.1) is 11.1 Å². The van der Waals surface area contributed by atoms with Crippen molar-refractivity contribution in [3.8, 4) is 11.5 Å². The first kappa shape index (κ1) is 17.5. The Kier molecular flexibility index (Phi) is 4.07. The number of fused-ring (bicyclic) bond motifs is 2. The molecule has 0 aromatic heterocycles. The van der Waals surface area contributed by atoms with Crippen LogP contribution in [0.4, 0.5) is 0 Å². The predicted molar refractivity (Wildman–Crippen MR) is 110 cm³/mol. The van der Waals surface area contributed by atoms with Crippen molar-refractivity contribution >= 4 is 40.8 Å². The van der Waals surface area contributed by atoms with Gasteiger partial charge in [-0.3, -0.25) is 0 Å². The van der Waals surface area contributed by atoms with Crippen molar-refractivity contribution < 1.29 is 19.1 Å². The first-order valence-electron chi connectivity index (χ1n) is 8.96. The van der Waals surface area contributed by atoms with Crippen LogP contribution in [0, 0.1) is 0 Å². The molecule has 0 spiro atoms. The van der Waals surface area contributed by atoms with Crippen LogP contribution in [0.25, 0.3) is 17.2 Å². The number of carbonyl (C=O) groups is 2. The Balaban J connectivity index is 1.66. The van der Waals surface area contributed by atoms with E-state index in [0.29, 0.717) is 38.1 Å². The molecule has 0 saturated heterocycles. The molecule has 3 aromatic rings. The van der Waals surface area contributed by atoms with E-state index in [4.69, 9.17) is 21.1 Å². The van der Waals surface area contributed by atoms with Gasteiger partial charge in [0.15, 0.2) is 0 Å². The molecular formula is C24H13ClO4. The topological polar surface area (TPSA) is 52.6 Å². The van der Waals surface area contributed by atoms with E-state index in [1.807, 2.05) is 42.5 Å². The van der Waals surface area contributed by atoms with Crippen molar-refractivity contribution in [2.75, 3.05) is 0 Å². The van der Waals surface area contributed by atoms with Crippen LogP contribution >= 0.6 is 11.6 Å². The van der Waals surface area contributed by atoms with Gasteiger partial charge in [0.2, 0.25) is 0 Å². The van der Waals surface area contributed by atoms with Crippen LogP contribution in [0.15, 0.2) is 72.8 Å². The van der Waals surface area contributed by atoms with Gasteiger partial charge in [-0.2, -0.15) is 0 Å². The maximum atomic E-state index is 12.4. The summed E-state index contributed by atoms with van der Waals surface area (Å²) < 4.78 is 10.9. The highest BCUT2D eigenvalue weighted by molar-refractivity contribution is 6.30. The molecule has 0 unspecified atom stereocenters. The molecule has 0 saturated carbocycles. The molecule has 2 aliphatic heterocycles. The summed E-state index contributed by atoms with van der Waals surface area (Å²) in [6.45, 7) is 0. The Morgan fingerprint density at radius 1 is 0.724 bits per heavy atom. The molecule has 3 aromatic carbocycles. The van der Waals surface area contributed by atoms with Gasteiger partial charge in [-0.15, -0.1) is 0 Å². The van der Waals surface area contributed by atoms with Gasteiger partial charge in [0, 0.05) is 15.5 Å². The third kappa shape index (κ3) is 3.04. The smallest absolute Gasteiger partial charge is 0.344 e. The highest BCUT2D eigenvalue weighted by Gasteiger charge is 2.28. The lowest BCUT2D eigenvalue weighted by molar-refractivity contribution is -0.128. The van der Waals surface area contributed by atoms with Gasteiger partial charge in [0.1, 0.15) is 11.5 Å². The van der Waals surface area contributed by atoms with Crippen LogP contribution < -0.4 is 19.9 Å². The van der Waals surface area contributed by atoms with E-state index in [9.17, 15) is 9.59 Å². The van der Waals surface area contributed by atoms with Gasteiger partial charge in [0.25, 0.3) is 0 Å². The van der Waals surface area contributed by atoms with E-state index in [2.05, 4.69) is 0 Å². The molecule has 5 rings (SSSR count). The quantitative estimate of drug-likeness (QED) is 0.500. The Morgan fingerprint density at radius 2 is 1.45 bits per heavy atom. The van der Waals surface area contributed by atoms with Gasteiger partial charge in [-0.05, 0) is 41.5 Å². The summed E-state index contributed by atoms with van der Waals surface area (Å²) in [5.41, 5.74) is 2.47. The molecule has 140 valence electrons. The summed E-state index contributed by atoms with van der Waals surface area (Å²) in [7, 11) is 0. The second kappa shape index (κ2) is 6.76. The van der Waals surface area contributed by atoms with E-state index in [0.717, 1.165) is 11.1 Å². The first-order valence-corrected chi connectivity index (χ1v) is 9.34. The van der Waals surface area contributed by atoms with Crippen LogP contribution in [0.3, 0.4) is 0 Å². The number of benzene rings is 3. The SMILES string of the molecule is O=C1Oc2cc3c(cc2=C1C=Cc1cccc(Cl)c1)OC(=O)C=3c1ccccc1. The van der Waals surface area contributed by atoms with Crippen molar-refractivity contribution in [3.63, 3.8) is 0 Å². The summed E-state index contributed by atoms with van der Waals surface area (Å²) in [6, 6.07) is 19.9.